The molecule has 0 aliphatic heterocycles. The Morgan fingerprint density at radius 3 is 2.90 bits per heavy atom. The molecule has 1 heterocycles. The number of amides is 1. The second-order valence-corrected chi connectivity index (χ2v) is 4.86. The van der Waals surface area contributed by atoms with Crippen LogP contribution in [0.1, 0.15) is 34.8 Å². The Kier molecular flexibility index (Phi) is 4.40. The molecule has 5 heteroatoms. The number of nitrogens with one attached hydrogen (secondary N) is 1. The Hall–Kier alpha value is -2.30. The lowest BCUT2D eigenvalue weighted by molar-refractivity contribution is 0.1000. The molecule has 0 aliphatic carbocycles. The van der Waals surface area contributed by atoms with Crippen molar-refractivity contribution in [3.8, 4) is 0 Å². The van der Waals surface area contributed by atoms with Gasteiger partial charge in [0.25, 0.3) is 0 Å². The molecule has 0 aliphatic rings. The van der Waals surface area contributed by atoms with Gasteiger partial charge in [0, 0.05) is 36.1 Å². The number of benzene rings is 1. The van der Waals surface area contributed by atoms with Gasteiger partial charge in [-0.1, -0.05) is 6.92 Å². The number of hydrogen-bond acceptors (Lipinski definition) is 3. The van der Waals surface area contributed by atoms with Crippen molar-refractivity contribution in [1.29, 1.82) is 0 Å². The first kappa shape index (κ1) is 14.1. The van der Waals surface area contributed by atoms with Crippen LogP contribution in [0.2, 0.25) is 0 Å². The Morgan fingerprint density at radius 2 is 2.25 bits per heavy atom. The van der Waals surface area contributed by atoms with Gasteiger partial charge in [-0.05, 0) is 37.1 Å². The fraction of sp³-hybridized carbons (Fsp3) is 0.333. The summed E-state index contributed by atoms with van der Waals surface area (Å²) >= 11 is 0. The number of nitrogens with zero attached hydrogens (tertiary/aromatic N) is 2. The largest absolute Gasteiger partial charge is 0.381 e. The summed E-state index contributed by atoms with van der Waals surface area (Å²) in [6, 6.07) is 5.41. The van der Waals surface area contributed by atoms with E-state index in [1.165, 1.54) is 0 Å². The normalized spacial score (nSPS) is 10.5. The third-order valence-electron chi connectivity index (χ3n) is 3.13. The molecular weight excluding hydrogens is 252 g/mol. The van der Waals surface area contributed by atoms with E-state index in [-0.39, 0.29) is 0 Å². The molecule has 0 spiro atoms. The lowest BCUT2D eigenvalue weighted by Gasteiger charge is -2.09. The van der Waals surface area contributed by atoms with Crippen molar-refractivity contribution in [1.82, 2.24) is 9.78 Å². The Labute approximate surface area is 118 Å². The summed E-state index contributed by atoms with van der Waals surface area (Å²) in [5, 5.41) is 7.64. The molecule has 1 aromatic carbocycles. The molecule has 0 bridgehead atoms. The molecule has 1 aromatic heterocycles. The van der Waals surface area contributed by atoms with Gasteiger partial charge in [-0.25, -0.2) is 0 Å². The Morgan fingerprint density at radius 1 is 1.45 bits per heavy atom. The molecule has 106 valence electrons. The molecule has 3 N–H and O–H groups in total. The minimum absolute atomic E-state index is 0.402. The van der Waals surface area contributed by atoms with E-state index in [1.807, 2.05) is 30.1 Å². The summed E-state index contributed by atoms with van der Waals surface area (Å²) in [4.78, 5) is 11.1. The highest BCUT2D eigenvalue weighted by Crippen LogP contribution is 2.17. The highest BCUT2D eigenvalue weighted by Gasteiger charge is 2.04. The average Bonchev–Trinajstić information content (AvgIpc) is 2.85. The molecule has 0 fully saturated rings. The number of aryl methyl sites for hydroxylation is 2. The van der Waals surface area contributed by atoms with Crippen molar-refractivity contribution >= 4 is 11.6 Å². The van der Waals surface area contributed by atoms with Crippen molar-refractivity contribution < 1.29 is 4.79 Å². The van der Waals surface area contributed by atoms with Crippen molar-refractivity contribution in [2.75, 3.05) is 5.32 Å². The van der Waals surface area contributed by atoms with Crippen molar-refractivity contribution in [2.24, 2.45) is 5.73 Å². The van der Waals surface area contributed by atoms with Gasteiger partial charge < -0.3 is 11.1 Å². The number of aromatic nitrogens is 2. The minimum atomic E-state index is -0.402. The van der Waals surface area contributed by atoms with Gasteiger partial charge in [0.1, 0.15) is 0 Å². The lowest BCUT2D eigenvalue weighted by Crippen LogP contribution is -2.11. The fourth-order valence-corrected chi connectivity index (χ4v) is 2.06. The van der Waals surface area contributed by atoms with E-state index >= 15 is 0 Å². The zero-order chi connectivity index (χ0) is 14.5. The number of carbonyl (C=O) groups excluding carboxylic acids is 1. The zero-order valence-corrected chi connectivity index (χ0v) is 11.9. The van der Waals surface area contributed by atoms with Crippen LogP contribution in [0.15, 0.2) is 30.6 Å². The molecule has 0 saturated heterocycles. The first-order valence-electron chi connectivity index (χ1n) is 6.76. The van der Waals surface area contributed by atoms with E-state index < -0.39 is 5.91 Å². The number of primary amides is 1. The zero-order valence-electron chi connectivity index (χ0n) is 11.9. The van der Waals surface area contributed by atoms with Gasteiger partial charge in [0.15, 0.2) is 0 Å². The molecule has 1 amide bonds. The predicted octanol–water partition coefficient (Wildman–Crippen LogP) is 2.31. The van der Waals surface area contributed by atoms with Crippen molar-refractivity contribution in [3.05, 3.63) is 47.3 Å². The van der Waals surface area contributed by atoms with Crippen LogP contribution < -0.4 is 11.1 Å². The van der Waals surface area contributed by atoms with Crippen LogP contribution >= 0.6 is 0 Å². The molecule has 2 rings (SSSR count). The maximum Gasteiger partial charge on any atom is 0.248 e. The molecule has 0 saturated carbocycles. The van der Waals surface area contributed by atoms with Gasteiger partial charge in [0.05, 0.1) is 6.20 Å². The number of anilines is 1. The van der Waals surface area contributed by atoms with E-state index in [0.29, 0.717) is 12.1 Å². The maximum absolute atomic E-state index is 11.1. The molecule has 0 atom stereocenters. The Bertz CT molecular complexity index is 604. The lowest BCUT2D eigenvalue weighted by atomic mass is 10.1. The van der Waals surface area contributed by atoms with Gasteiger partial charge in [-0.15, -0.1) is 0 Å². The SMILES string of the molecule is CCCn1cc(CNc2ccc(C(N)=O)cc2C)cn1. The van der Waals surface area contributed by atoms with Crippen LogP contribution in [0.3, 0.4) is 0 Å². The number of carbonyl (C=O) groups is 1. The summed E-state index contributed by atoms with van der Waals surface area (Å²) in [6.07, 6.45) is 4.99. The summed E-state index contributed by atoms with van der Waals surface area (Å²) in [6.45, 7) is 5.73. The highest BCUT2D eigenvalue weighted by molar-refractivity contribution is 5.93. The minimum Gasteiger partial charge on any atom is -0.381 e. The molecular formula is C15H20N4O. The second-order valence-electron chi connectivity index (χ2n) is 4.86. The van der Waals surface area contributed by atoms with Crippen LogP contribution in [0.5, 0.6) is 0 Å². The van der Waals surface area contributed by atoms with E-state index in [2.05, 4.69) is 17.3 Å². The average molecular weight is 272 g/mol. The van der Waals surface area contributed by atoms with Gasteiger partial charge in [0.2, 0.25) is 5.91 Å². The summed E-state index contributed by atoms with van der Waals surface area (Å²) < 4.78 is 1.94. The molecule has 20 heavy (non-hydrogen) atoms. The second kappa shape index (κ2) is 6.23. The highest BCUT2D eigenvalue weighted by atomic mass is 16.1. The van der Waals surface area contributed by atoms with E-state index in [1.54, 1.807) is 12.1 Å². The monoisotopic (exact) mass is 272 g/mol. The van der Waals surface area contributed by atoms with Crippen LogP contribution in [0, 0.1) is 6.92 Å². The van der Waals surface area contributed by atoms with Crippen LogP contribution in [0.25, 0.3) is 0 Å². The van der Waals surface area contributed by atoms with Crippen LogP contribution in [-0.4, -0.2) is 15.7 Å². The first-order valence-corrected chi connectivity index (χ1v) is 6.76. The van der Waals surface area contributed by atoms with Crippen LogP contribution in [0.4, 0.5) is 5.69 Å². The molecule has 2 aromatic rings. The van der Waals surface area contributed by atoms with Crippen molar-refractivity contribution in [2.45, 2.75) is 33.4 Å². The Balaban J connectivity index is 2.01. The van der Waals surface area contributed by atoms with Crippen molar-refractivity contribution in [3.63, 3.8) is 0 Å². The number of rotatable bonds is 6. The van der Waals surface area contributed by atoms with E-state index in [0.717, 1.165) is 29.8 Å². The topological polar surface area (TPSA) is 72.9 Å². The maximum atomic E-state index is 11.1. The summed E-state index contributed by atoms with van der Waals surface area (Å²) in [7, 11) is 0. The van der Waals surface area contributed by atoms with Gasteiger partial charge >= 0.3 is 0 Å². The summed E-state index contributed by atoms with van der Waals surface area (Å²) in [5.41, 5.74) is 8.93. The predicted molar refractivity (Wildman–Crippen MR) is 79.5 cm³/mol. The smallest absolute Gasteiger partial charge is 0.248 e. The first-order chi connectivity index (χ1) is 9.60. The molecule has 0 radical (unpaired) electrons. The van der Waals surface area contributed by atoms with E-state index in [9.17, 15) is 4.79 Å². The number of nitrogens with two attached hydrogens (primary N) is 1. The third kappa shape index (κ3) is 3.38. The van der Waals surface area contributed by atoms with Crippen LogP contribution in [-0.2, 0) is 13.1 Å². The van der Waals surface area contributed by atoms with Gasteiger partial charge in [-0.3, -0.25) is 9.48 Å². The van der Waals surface area contributed by atoms with Gasteiger partial charge in [-0.2, -0.15) is 5.10 Å². The van der Waals surface area contributed by atoms with E-state index in [4.69, 9.17) is 5.73 Å². The standard InChI is InChI=1S/C15H20N4O/c1-3-6-19-10-12(9-18-19)8-17-14-5-4-13(15(16)20)7-11(14)2/h4-5,7,9-10,17H,3,6,8H2,1-2H3,(H2,16,20). The molecule has 5 nitrogen and oxygen atoms in total. The molecule has 0 unspecified atom stereocenters. The fourth-order valence-electron chi connectivity index (χ4n) is 2.06. The number of hydrogen-bond donors (Lipinski definition) is 2. The third-order valence-corrected chi connectivity index (χ3v) is 3.13. The summed E-state index contributed by atoms with van der Waals surface area (Å²) in [5.74, 6) is -0.402. The quantitative estimate of drug-likeness (QED) is 0.847.